The van der Waals surface area contributed by atoms with E-state index >= 15 is 0 Å². The number of nitrogens with zero attached hydrogens (tertiary/aromatic N) is 1. The van der Waals surface area contributed by atoms with Gasteiger partial charge in [-0.25, -0.2) is 4.39 Å². The highest BCUT2D eigenvalue weighted by molar-refractivity contribution is 5.46. The number of fused-ring (bicyclic) bond motifs is 3. The minimum Gasteiger partial charge on any atom is -0.497 e. The Labute approximate surface area is 158 Å². The molecule has 0 saturated carbocycles. The van der Waals surface area contributed by atoms with Gasteiger partial charge in [-0.05, 0) is 29.3 Å². The van der Waals surface area contributed by atoms with Crippen molar-refractivity contribution in [2.75, 3.05) is 40.5 Å². The average Bonchev–Trinajstić information content (AvgIpc) is 3.08. The Kier molecular flexibility index (Phi) is 4.70. The fourth-order valence-corrected chi connectivity index (χ4v) is 4.31. The lowest BCUT2D eigenvalue weighted by atomic mass is 9.74. The first-order chi connectivity index (χ1) is 13.1. The lowest BCUT2D eigenvalue weighted by molar-refractivity contribution is 0.0456. The topological polar surface area (TPSA) is 51.2 Å². The smallest absolute Gasteiger partial charge is 0.165 e. The van der Waals surface area contributed by atoms with Crippen molar-refractivity contribution in [3.05, 3.63) is 53.3 Å². The van der Waals surface area contributed by atoms with Crippen LogP contribution in [0.3, 0.4) is 0 Å². The molecule has 2 aromatic rings. The standard InChI is InChI=1S/C21H24FNO4/c1-25-15-4-5-16-17-10-23(9-14-3-6-18(22)20(7-14)26-2)11-21(17,12-24)13-27-19(16)8-15/h3-8,17,24H,9-13H2,1-2H3/t17-,21-/m1/s1. The molecule has 2 aromatic carbocycles. The van der Waals surface area contributed by atoms with Crippen LogP contribution >= 0.6 is 0 Å². The van der Waals surface area contributed by atoms with E-state index in [1.807, 2.05) is 18.2 Å². The number of aliphatic hydroxyl groups excluding tert-OH is 1. The lowest BCUT2D eigenvalue weighted by Crippen LogP contribution is -2.42. The molecule has 0 spiro atoms. The van der Waals surface area contributed by atoms with Gasteiger partial charge in [0.25, 0.3) is 0 Å². The molecule has 0 aromatic heterocycles. The molecule has 144 valence electrons. The van der Waals surface area contributed by atoms with Crippen LogP contribution < -0.4 is 14.2 Å². The molecule has 2 atom stereocenters. The van der Waals surface area contributed by atoms with Crippen LogP contribution in [0, 0.1) is 11.2 Å². The van der Waals surface area contributed by atoms with E-state index in [1.54, 1.807) is 19.2 Å². The van der Waals surface area contributed by atoms with Gasteiger partial charge >= 0.3 is 0 Å². The number of benzene rings is 2. The van der Waals surface area contributed by atoms with Crippen LogP contribution in [0.5, 0.6) is 17.2 Å². The average molecular weight is 373 g/mol. The second kappa shape index (κ2) is 7.02. The summed E-state index contributed by atoms with van der Waals surface area (Å²) in [7, 11) is 3.10. The number of hydrogen-bond donors (Lipinski definition) is 1. The molecule has 0 amide bonds. The highest BCUT2D eigenvalue weighted by Gasteiger charge is 2.50. The molecule has 0 aliphatic carbocycles. The minimum atomic E-state index is -0.362. The predicted octanol–water partition coefficient (Wildman–Crippen LogP) is 2.81. The third-order valence-corrected chi connectivity index (χ3v) is 5.77. The predicted molar refractivity (Wildman–Crippen MR) is 99.0 cm³/mol. The molecule has 1 N–H and O–H groups in total. The highest BCUT2D eigenvalue weighted by atomic mass is 19.1. The summed E-state index contributed by atoms with van der Waals surface area (Å²) in [5, 5.41) is 10.2. The molecule has 0 bridgehead atoms. The first-order valence-corrected chi connectivity index (χ1v) is 9.05. The van der Waals surface area contributed by atoms with Crippen LogP contribution in [0.25, 0.3) is 0 Å². The molecule has 2 aliphatic heterocycles. The molecule has 2 heterocycles. The van der Waals surface area contributed by atoms with E-state index in [2.05, 4.69) is 4.90 Å². The quantitative estimate of drug-likeness (QED) is 0.874. The van der Waals surface area contributed by atoms with Gasteiger partial charge in [-0.2, -0.15) is 0 Å². The van der Waals surface area contributed by atoms with Crippen LogP contribution in [0.1, 0.15) is 17.0 Å². The molecule has 0 radical (unpaired) electrons. The molecule has 6 heteroatoms. The second-order valence-corrected chi connectivity index (χ2v) is 7.40. The fraction of sp³-hybridized carbons (Fsp3) is 0.429. The van der Waals surface area contributed by atoms with E-state index in [0.717, 1.165) is 35.7 Å². The molecular formula is C21H24FNO4. The Hall–Kier alpha value is -2.31. The Morgan fingerprint density at radius 3 is 2.81 bits per heavy atom. The van der Waals surface area contributed by atoms with Crippen LogP contribution in [-0.2, 0) is 6.54 Å². The van der Waals surface area contributed by atoms with Crippen LogP contribution in [0.15, 0.2) is 36.4 Å². The van der Waals surface area contributed by atoms with Gasteiger partial charge in [0.1, 0.15) is 11.5 Å². The maximum atomic E-state index is 13.7. The summed E-state index contributed by atoms with van der Waals surface area (Å²) < 4.78 is 30.0. The van der Waals surface area contributed by atoms with Crippen molar-refractivity contribution in [2.45, 2.75) is 12.5 Å². The van der Waals surface area contributed by atoms with E-state index in [9.17, 15) is 9.50 Å². The van der Waals surface area contributed by atoms with Crippen molar-refractivity contribution in [3.8, 4) is 17.2 Å². The van der Waals surface area contributed by atoms with E-state index < -0.39 is 0 Å². The van der Waals surface area contributed by atoms with E-state index in [0.29, 0.717) is 13.2 Å². The van der Waals surface area contributed by atoms with E-state index in [1.165, 1.54) is 13.2 Å². The first kappa shape index (κ1) is 18.1. The summed E-state index contributed by atoms with van der Waals surface area (Å²) in [6.45, 7) is 2.73. The summed E-state index contributed by atoms with van der Waals surface area (Å²) >= 11 is 0. The zero-order valence-corrected chi connectivity index (χ0v) is 15.6. The number of ether oxygens (including phenoxy) is 3. The molecule has 0 unspecified atom stereocenters. The summed E-state index contributed by atoms with van der Waals surface area (Å²) in [4.78, 5) is 2.29. The van der Waals surface area contributed by atoms with Crippen molar-refractivity contribution in [1.29, 1.82) is 0 Å². The Balaban J connectivity index is 1.59. The van der Waals surface area contributed by atoms with E-state index in [4.69, 9.17) is 14.2 Å². The van der Waals surface area contributed by atoms with Crippen LogP contribution in [0.4, 0.5) is 4.39 Å². The summed E-state index contributed by atoms with van der Waals surface area (Å²) in [6, 6.07) is 10.8. The number of halogens is 1. The molecule has 27 heavy (non-hydrogen) atoms. The Bertz CT molecular complexity index is 843. The third kappa shape index (κ3) is 3.13. The maximum absolute atomic E-state index is 13.7. The van der Waals surface area contributed by atoms with Gasteiger partial charge in [0.2, 0.25) is 0 Å². The monoisotopic (exact) mass is 373 g/mol. The largest absolute Gasteiger partial charge is 0.497 e. The molecular weight excluding hydrogens is 349 g/mol. The van der Waals surface area contributed by atoms with Gasteiger partial charge in [-0.15, -0.1) is 0 Å². The van der Waals surface area contributed by atoms with Crippen molar-refractivity contribution in [2.24, 2.45) is 5.41 Å². The zero-order valence-electron chi connectivity index (χ0n) is 15.6. The fourth-order valence-electron chi connectivity index (χ4n) is 4.31. The SMILES string of the molecule is COc1ccc2c(c1)OC[C@]1(CO)CN(Cc3ccc(F)c(OC)c3)C[C@H]21. The summed E-state index contributed by atoms with van der Waals surface area (Å²) in [6.07, 6.45) is 0. The number of aliphatic hydroxyl groups is 1. The lowest BCUT2D eigenvalue weighted by Gasteiger charge is -2.38. The number of rotatable bonds is 5. The molecule has 4 rings (SSSR count). The van der Waals surface area contributed by atoms with Crippen molar-refractivity contribution in [1.82, 2.24) is 4.90 Å². The maximum Gasteiger partial charge on any atom is 0.165 e. The molecule has 1 saturated heterocycles. The normalized spacial score (nSPS) is 24.1. The van der Waals surface area contributed by atoms with Gasteiger partial charge in [-0.3, -0.25) is 4.90 Å². The van der Waals surface area contributed by atoms with Gasteiger partial charge in [0.15, 0.2) is 11.6 Å². The van der Waals surface area contributed by atoms with E-state index in [-0.39, 0.29) is 29.5 Å². The number of likely N-dealkylation sites (tertiary alicyclic amines) is 1. The zero-order chi connectivity index (χ0) is 19.0. The molecule has 5 nitrogen and oxygen atoms in total. The van der Waals surface area contributed by atoms with Gasteiger partial charge in [0.05, 0.1) is 27.4 Å². The summed E-state index contributed by atoms with van der Waals surface area (Å²) in [5.41, 5.74) is 1.76. The number of methoxy groups -OCH3 is 2. The van der Waals surface area contributed by atoms with Gasteiger partial charge in [0, 0.05) is 37.0 Å². The Morgan fingerprint density at radius 2 is 2.07 bits per heavy atom. The van der Waals surface area contributed by atoms with Crippen molar-refractivity contribution < 1.29 is 23.7 Å². The summed E-state index contributed by atoms with van der Waals surface area (Å²) in [5.74, 6) is 1.66. The molecule has 1 fully saturated rings. The van der Waals surface area contributed by atoms with Crippen LogP contribution in [0.2, 0.25) is 0 Å². The van der Waals surface area contributed by atoms with Crippen LogP contribution in [-0.4, -0.2) is 50.5 Å². The van der Waals surface area contributed by atoms with Crippen molar-refractivity contribution in [3.63, 3.8) is 0 Å². The number of hydrogen-bond acceptors (Lipinski definition) is 5. The second-order valence-electron chi connectivity index (χ2n) is 7.40. The van der Waals surface area contributed by atoms with Crippen molar-refractivity contribution >= 4 is 0 Å². The van der Waals surface area contributed by atoms with Gasteiger partial charge in [-0.1, -0.05) is 12.1 Å². The molecule has 2 aliphatic rings. The third-order valence-electron chi connectivity index (χ3n) is 5.77. The van der Waals surface area contributed by atoms with Gasteiger partial charge < -0.3 is 19.3 Å². The highest BCUT2D eigenvalue weighted by Crippen LogP contribution is 2.50. The Morgan fingerprint density at radius 1 is 1.22 bits per heavy atom. The first-order valence-electron chi connectivity index (χ1n) is 9.05. The minimum absolute atomic E-state index is 0.0619.